The number of hydrogen-bond donors (Lipinski definition) is 0. The number of aromatic nitrogens is 1. The van der Waals surface area contributed by atoms with Crippen molar-refractivity contribution in [3.05, 3.63) is 65.7 Å². The van der Waals surface area contributed by atoms with E-state index in [1.54, 1.807) is 29.4 Å². The summed E-state index contributed by atoms with van der Waals surface area (Å²) in [5.74, 6) is -0.338. The van der Waals surface area contributed by atoms with Gasteiger partial charge < -0.3 is 9.80 Å². The van der Waals surface area contributed by atoms with Crippen LogP contribution in [0, 0.1) is 11.2 Å². The highest BCUT2D eigenvalue weighted by Crippen LogP contribution is 2.42. The summed E-state index contributed by atoms with van der Waals surface area (Å²) >= 11 is 0. The van der Waals surface area contributed by atoms with Gasteiger partial charge in [-0.15, -0.1) is 0 Å². The molecular weight excluding hydrogens is 357 g/mol. The number of carbonyl (C=O) groups is 2. The van der Waals surface area contributed by atoms with Crippen LogP contribution in [0.25, 0.3) is 0 Å². The first-order chi connectivity index (χ1) is 13.5. The van der Waals surface area contributed by atoms with Crippen LogP contribution in [0.5, 0.6) is 0 Å². The van der Waals surface area contributed by atoms with Crippen molar-refractivity contribution in [1.29, 1.82) is 0 Å². The summed E-state index contributed by atoms with van der Waals surface area (Å²) < 4.78 is 13.4. The van der Waals surface area contributed by atoms with Crippen molar-refractivity contribution in [1.82, 2.24) is 14.8 Å². The fourth-order valence-corrected chi connectivity index (χ4v) is 4.31. The molecule has 1 aromatic heterocycles. The first-order valence-corrected chi connectivity index (χ1v) is 9.76. The van der Waals surface area contributed by atoms with Gasteiger partial charge in [-0.25, -0.2) is 4.39 Å². The maximum atomic E-state index is 13.4. The van der Waals surface area contributed by atoms with E-state index in [1.165, 1.54) is 12.1 Å². The minimum Gasteiger partial charge on any atom is -0.339 e. The van der Waals surface area contributed by atoms with Crippen molar-refractivity contribution in [3.63, 3.8) is 0 Å². The molecule has 2 aliphatic heterocycles. The third-order valence-corrected chi connectivity index (χ3v) is 6.10. The van der Waals surface area contributed by atoms with E-state index >= 15 is 0 Å². The standard InChI is InChI=1S/C22H24FN3O2/c23-19-3-1-2-18(14-19)21(28)25-11-6-22(7-12-25)8-13-26(20(27)15-22)16-17-4-9-24-10-5-17/h1-5,9-10,14H,6-8,11-13,15-16H2. The summed E-state index contributed by atoms with van der Waals surface area (Å²) in [4.78, 5) is 33.1. The number of piperidine rings is 2. The third-order valence-electron chi connectivity index (χ3n) is 6.10. The molecule has 0 radical (unpaired) electrons. The van der Waals surface area contributed by atoms with Crippen LogP contribution in [0.15, 0.2) is 48.8 Å². The van der Waals surface area contributed by atoms with Gasteiger partial charge in [-0.3, -0.25) is 14.6 Å². The lowest BCUT2D eigenvalue weighted by Gasteiger charge is -2.46. The number of benzene rings is 1. The first-order valence-electron chi connectivity index (χ1n) is 9.76. The van der Waals surface area contributed by atoms with Crippen molar-refractivity contribution in [2.45, 2.75) is 32.2 Å². The van der Waals surface area contributed by atoms with Crippen LogP contribution in [0.2, 0.25) is 0 Å². The van der Waals surface area contributed by atoms with Gasteiger partial charge in [-0.1, -0.05) is 6.07 Å². The molecule has 4 rings (SSSR count). The van der Waals surface area contributed by atoms with E-state index in [1.807, 2.05) is 17.0 Å². The van der Waals surface area contributed by atoms with Crippen LogP contribution in [0.3, 0.4) is 0 Å². The van der Waals surface area contributed by atoms with Crippen molar-refractivity contribution in [2.24, 2.45) is 5.41 Å². The predicted octanol–water partition coefficient (Wildman–Crippen LogP) is 3.27. The van der Waals surface area contributed by atoms with Crippen molar-refractivity contribution < 1.29 is 14.0 Å². The molecule has 0 aliphatic carbocycles. The number of rotatable bonds is 3. The fourth-order valence-electron chi connectivity index (χ4n) is 4.31. The molecule has 2 amide bonds. The summed E-state index contributed by atoms with van der Waals surface area (Å²) in [5, 5.41) is 0. The zero-order valence-corrected chi connectivity index (χ0v) is 15.8. The van der Waals surface area contributed by atoms with E-state index in [0.717, 1.165) is 31.4 Å². The molecule has 5 nitrogen and oxygen atoms in total. The maximum Gasteiger partial charge on any atom is 0.253 e. The Morgan fingerprint density at radius 1 is 1.07 bits per heavy atom. The van der Waals surface area contributed by atoms with Crippen LogP contribution in [-0.4, -0.2) is 46.2 Å². The highest BCUT2D eigenvalue weighted by molar-refractivity contribution is 5.94. The molecule has 1 aromatic carbocycles. The quantitative estimate of drug-likeness (QED) is 0.820. The Morgan fingerprint density at radius 3 is 2.46 bits per heavy atom. The molecule has 2 saturated heterocycles. The second kappa shape index (κ2) is 7.70. The monoisotopic (exact) mass is 381 g/mol. The Balaban J connectivity index is 1.34. The number of hydrogen-bond acceptors (Lipinski definition) is 3. The fraction of sp³-hybridized carbons (Fsp3) is 0.409. The van der Waals surface area contributed by atoms with Gasteiger partial charge in [0.25, 0.3) is 5.91 Å². The Morgan fingerprint density at radius 2 is 1.79 bits per heavy atom. The normalized spacial score (nSPS) is 19.1. The second-order valence-electron chi connectivity index (χ2n) is 7.90. The highest BCUT2D eigenvalue weighted by atomic mass is 19.1. The van der Waals surface area contributed by atoms with Crippen LogP contribution >= 0.6 is 0 Å². The predicted molar refractivity (Wildman–Crippen MR) is 103 cm³/mol. The Bertz CT molecular complexity index is 863. The minimum atomic E-state index is -0.397. The molecule has 28 heavy (non-hydrogen) atoms. The Kier molecular flexibility index (Phi) is 5.11. The number of likely N-dealkylation sites (tertiary alicyclic amines) is 2. The number of carbonyl (C=O) groups excluding carboxylic acids is 2. The van der Waals surface area contributed by atoms with Crippen molar-refractivity contribution in [2.75, 3.05) is 19.6 Å². The number of nitrogens with zero attached hydrogens (tertiary/aromatic N) is 3. The highest BCUT2D eigenvalue weighted by Gasteiger charge is 2.41. The molecule has 146 valence electrons. The van der Waals surface area contributed by atoms with Gasteiger partial charge in [0, 0.05) is 50.6 Å². The summed E-state index contributed by atoms with van der Waals surface area (Å²) in [6.45, 7) is 2.61. The summed E-state index contributed by atoms with van der Waals surface area (Å²) in [6.07, 6.45) is 6.64. The molecule has 3 heterocycles. The molecule has 2 aromatic rings. The van der Waals surface area contributed by atoms with Crippen LogP contribution < -0.4 is 0 Å². The lowest BCUT2D eigenvalue weighted by Crippen LogP contribution is -2.50. The average Bonchev–Trinajstić information content (AvgIpc) is 2.71. The van der Waals surface area contributed by atoms with Gasteiger partial charge in [0.15, 0.2) is 0 Å². The summed E-state index contributed by atoms with van der Waals surface area (Å²) in [7, 11) is 0. The van der Waals surface area contributed by atoms with Crippen LogP contribution in [-0.2, 0) is 11.3 Å². The molecule has 1 spiro atoms. The molecule has 0 bridgehead atoms. The van der Waals surface area contributed by atoms with Crippen molar-refractivity contribution >= 4 is 11.8 Å². The van der Waals surface area contributed by atoms with Gasteiger partial charge in [-0.2, -0.15) is 0 Å². The molecular formula is C22H24FN3O2. The zero-order valence-electron chi connectivity index (χ0n) is 15.8. The zero-order chi connectivity index (χ0) is 19.6. The smallest absolute Gasteiger partial charge is 0.253 e. The third kappa shape index (κ3) is 3.91. The molecule has 6 heteroatoms. The Hall–Kier alpha value is -2.76. The number of pyridine rings is 1. The van der Waals surface area contributed by atoms with Crippen LogP contribution in [0.1, 0.15) is 41.6 Å². The molecule has 2 fully saturated rings. The molecule has 0 unspecified atom stereocenters. The SMILES string of the molecule is O=C1CC2(CCN1Cc1ccncc1)CCN(C(=O)c1cccc(F)c1)CC2. The van der Waals surface area contributed by atoms with E-state index in [4.69, 9.17) is 0 Å². The Labute approximate surface area is 164 Å². The van der Waals surface area contributed by atoms with Gasteiger partial charge in [-0.05, 0) is 60.6 Å². The molecule has 0 N–H and O–H groups in total. The maximum absolute atomic E-state index is 13.4. The topological polar surface area (TPSA) is 53.5 Å². The molecule has 0 saturated carbocycles. The number of amides is 2. The molecule has 0 atom stereocenters. The summed E-state index contributed by atoms with van der Waals surface area (Å²) in [5.41, 5.74) is 1.47. The van der Waals surface area contributed by atoms with E-state index in [2.05, 4.69) is 4.98 Å². The summed E-state index contributed by atoms with van der Waals surface area (Å²) in [6, 6.07) is 9.71. The van der Waals surface area contributed by atoms with E-state index in [9.17, 15) is 14.0 Å². The first kappa shape index (κ1) is 18.6. The van der Waals surface area contributed by atoms with Gasteiger partial charge in [0.1, 0.15) is 5.82 Å². The van der Waals surface area contributed by atoms with Crippen molar-refractivity contribution in [3.8, 4) is 0 Å². The largest absolute Gasteiger partial charge is 0.339 e. The second-order valence-corrected chi connectivity index (χ2v) is 7.90. The van der Waals surface area contributed by atoms with E-state index < -0.39 is 5.82 Å². The lowest BCUT2D eigenvalue weighted by molar-refractivity contribution is -0.140. The van der Waals surface area contributed by atoms with Gasteiger partial charge in [0.05, 0.1) is 0 Å². The van der Waals surface area contributed by atoms with E-state index in [0.29, 0.717) is 31.6 Å². The minimum absolute atomic E-state index is 0.00938. The van der Waals surface area contributed by atoms with Crippen LogP contribution in [0.4, 0.5) is 4.39 Å². The lowest BCUT2D eigenvalue weighted by atomic mass is 9.71. The van der Waals surface area contributed by atoms with Gasteiger partial charge >= 0.3 is 0 Å². The average molecular weight is 381 g/mol. The molecule has 2 aliphatic rings. The van der Waals surface area contributed by atoms with Gasteiger partial charge in [0.2, 0.25) is 5.91 Å². The number of halogens is 1. The van der Waals surface area contributed by atoms with E-state index in [-0.39, 0.29) is 17.2 Å².